The van der Waals surface area contributed by atoms with Crippen molar-refractivity contribution in [2.24, 2.45) is 0 Å². The highest BCUT2D eigenvalue weighted by Gasteiger charge is 2.10. The van der Waals surface area contributed by atoms with E-state index in [0.717, 1.165) is 13.0 Å². The molecule has 0 radical (unpaired) electrons. The largest absolute Gasteiger partial charge is 0.348 e. The van der Waals surface area contributed by atoms with Gasteiger partial charge in [-0.15, -0.1) is 0 Å². The predicted molar refractivity (Wildman–Crippen MR) is 70.9 cm³/mol. The van der Waals surface area contributed by atoms with Gasteiger partial charge in [0.15, 0.2) is 0 Å². The van der Waals surface area contributed by atoms with Gasteiger partial charge in [-0.05, 0) is 37.9 Å². The van der Waals surface area contributed by atoms with Gasteiger partial charge in [0.05, 0.1) is 12.6 Å². The van der Waals surface area contributed by atoms with E-state index >= 15 is 0 Å². The zero-order chi connectivity index (χ0) is 12.7. The predicted octanol–water partition coefficient (Wildman–Crippen LogP) is 2.17. The molecule has 0 unspecified atom stereocenters. The van der Waals surface area contributed by atoms with Gasteiger partial charge >= 0.3 is 0 Å². The number of carbonyl (C=O) groups is 1. The smallest absolute Gasteiger partial charge is 0.234 e. The fraction of sp³-hybridized carbons (Fsp3) is 0.500. The molecule has 1 aromatic carbocycles. The first-order valence-electron chi connectivity index (χ1n) is 6.20. The number of hydrogen-bond donors (Lipinski definition) is 2. The van der Waals surface area contributed by atoms with Crippen molar-refractivity contribution in [2.45, 2.75) is 33.2 Å². The summed E-state index contributed by atoms with van der Waals surface area (Å²) < 4.78 is 0. The summed E-state index contributed by atoms with van der Waals surface area (Å²) in [5.41, 5.74) is 2.39. The van der Waals surface area contributed by atoms with Gasteiger partial charge < -0.3 is 10.6 Å². The number of nitrogens with one attached hydrogen (secondary N) is 2. The molecule has 1 atom stereocenters. The van der Waals surface area contributed by atoms with Crippen molar-refractivity contribution >= 4 is 5.91 Å². The molecule has 0 heterocycles. The van der Waals surface area contributed by atoms with Gasteiger partial charge in [0.25, 0.3) is 0 Å². The Labute approximate surface area is 104 Å². The molecule has 0 aromatic heterocycles. The van der Waals surface area contributed by atoms with E-state index in [0.29, 0.717) is 6.54 Å². The molecule has 0 aliphatic carbocycles. The summed E-state index contributed by atoms with van der Waals surface area (Å²) in [5.74, 6) is 0.0502. The molecule has 0 aliphatic rings. The third-order valence-electron chi connectivity index (χ3n) is 2.74. The topological polar surface area (TPSA) is 41.1 Å². The zero-order valence-electron chi connectivity index (χ0n) is 10.9. The number of aryl methyl sites for hydroxylation is 1. The molecular weight excluding hydrogens is 212 g/mol. The quantitative estimate of drug-likeness (QED) is 0.741. The molecule has 0 fully saturated rings. The van der Waals surface area contributed by atoms with Gasteiger partial charge in [-0.1, -0.05) is 31.2 Å². The van der Waals surface area contributed by atoms with Gasteiger partial charge in [-0.2, -0.15) is 0 Å². The molecule has 3 heteroatoms. The standard InChI is InChI=1S/C14H22N2O/c1-4-9-15-10-14(17)16-12(3)13-8-6-5-7-11(13)2/h5-8,12,15H,4,9-10H2,1-3H3,(H,16,17)/t12-/m1/s1. The van der Waals surface area contributed by atoms with Crippen LogP contribution in [0.2, 0.25) is 0 Å². The highest BCUT2D eigenvalue weighted by atomic mass is 16.1. The minimum atomic E-state index is 0.0502. The molecular formula is C14H22N2O. The first-order valence-corrected chi connectivity index (χ1v) is 6.20. The summed E-state index contributed by atoms with van der Waals surface area (Å²) in [5, 5.41) is 6.09. The molecule has 1 rings (SSSR count). The van der Waals surface area contributed by atoms with Crippen LogP contribution in [0.25, 0.3) is 0 Å². The van der Waals surface area contributed by atoms with Crippen molar-refractivity contribution < 1.29 is 4.79 Å². The molecule has 3 nitrogen and oxygen atoms in total. The first-order chi connectivity index (χ1) is 8.15. The van der Waals surface area contributed by atoms with Crippen molar-refractivity contribution in [3.8, 4) is 0 Å². The van der Waals surface area contributed by atoms with Gasteiger partial charge in [0.2, 0.25) is 5.91 Å². The van der Waals surface area contributed by atoms with Crippen LogP contribution in [0.1, 0.15) is 37.4 Å². The van der Waals surface area contributed by atoms with E-state index in [1.54, 1.807) is 0 Å². The average molecular weight is 234 g/mol. The van der Waals surface area contributed by atoms with E-state index < -0.39 is 0 Å². The maximum Gasteiger partial charge on any atom is 0.234 e. The van der Waals surface area contributed by atoms with Gasteiger partial charge in [0.1, 0.15) is 0 Å². The lowest BCUT2D eigenvalue weighted by atomic mass is 10.0. The highest BCUT2D eigenvalue weighted by molar-refractivity contribution is 5.78. The fourth-order valence-corrected chi connectivity index (χ4v) is 1.82. The van der Waals surface area contributed by atoms with Crippen LogP contribution in [-0.2, 0) is 4.79 Å². The zero-order valence-corrected chi connectivity index (χ0v) is 10.9. The van der Waals surface area contributed by atoms with Crippen molar-refractivity contribution in [1.82, 2.24) is 10.6 Å². The second kappa shape index (κ2) is 7.07. The van der Waals surface area contributed by atoms with Gasteiger partial charge in [-0.3, -0.25) is 4.79 Å². The molecule has 1 aromatic rings. The fourth-order valence-electron chi connectivity index (χ4n) is 1.82. The summed E-state index contributed by atoms with van der Waals surface area (Å²) >= 11 is 0. The van der Waals surface area contributed by atoms with Crippen LogP contribution >= 0.6 is 0 Å². The van der Waals surface area contributed by atoms with Crippen molar-refractivity contribution in [1.29, 1.82) is 0 Å². The summed E-state index contributed by atoms with van der Waals surface area (Å²) in [7, 11) is 0. The molecule has 0 bridgehead atoms. The van der Waals surface area contributed by atoms with Crippen LogP contribution in [0.4, 0.5) is 0 Å². The number of rotatable bonds is 6. The lowest BCUT2D eigenvalue weighted by Gasteiger charge is -2.16. The Morgan fingerprint density at radius 3 is 2.71 bits per heavy atom. The minimum absolute atomic E-state index is 0.0502. The Kier molecular flexibility index (Phi) is 5.70. The molecule has 94 valence electrons. The van der Waals surface area contributed by atoms with Gasteiger partial charge in [0, 0.05) is 0 Å². The Morgan fingerprint density at radius 1 is 1.35 bits per heavy atom. The van der Waals surface area contributed by atoms with Crippen LogP contribution in [0.15, 0.2) is 24.3 Å². The maximum absolute atomic E-state index is 11.6. The SMILES string of the molecule is CCCNCC(=O)N[C@H](C)c1ccccc1C. The summed E-state index contributed by atoms with van der Waals surface area (Å²) in [6.07, 6.45) is 1.04. The normalized spacial score (nSPS) is 12.2. The van der Waals surface area contributed by atoms with Crippen molar-refractivity contribution in [3.63, 3.8) is 0 Å². The molecule has 0 saturated carbocycles. The van der Waals surface area contributed by atoms with E-state index in [1.807, 2.05) is 19.1 Å². The second-order valence-electron chi connectivity index (χ2n) is 4.32. The second-order valence-corrected chi connectivity index (χ2v) is 4.32. The molecule has 0 spiro atoms. The Balaban J connectivity index is 2.46. The molecule has 17 heavy (non-hydrogen) atoms. The molecule has 0 saturated heterocycles. The van der Waals surface area contributed by atoms with Crippen molar-refractivity contribution in [3.05, 3.63) is 35.4 Å². The van der Waals surface area contributed by atoms with Gasteiger partial charge in [-0.25, -0.2) is 0 Å². The van der Waals surface area contributed by atoms with Crippen LogP contribution in [0.3, 0.4) is 0 Å². The average Bonchev–Trinajstić information content (AvgIpc) is 2.29. The van der Waals surface area contributed by atoms with E-state index in [-0.39, 0.29) is 11.9 Å². The molecule has 2 N–H and O–H groups in total. The monoisotopic (exact) mass is 234 g/mol. The first kappa shape index (κ1) is 13.7. The lowest BCUT2D eigenvalue weighted by molar-refractivity contribution is -0.120. The summed E-state index contributed by atoms with van der Waals surface area (Å²) in [6.45, 7) is 7.43. The highest BCUT2D eigenvalue weighted by Crippen LogP contribution is 2.16. The third-order valence-corrected chi connectivity index (χ3v) is 2.74. The Morgan fingerprint density at radius 2 is 2.06 bits per heavy atom. The Bertz CT molecular complexity index is 363. The number of benzene rings is 1. The van der Waals surface area contributed by atoms with E-state index in [4.69, 9.17) is 0 Å². The minimum Gasteiger partial charge on any atom is -0.348 e. The number of amides is 1. The van der Waals surface area contributed by atoms with Crippen LogP contribution in [-0.4, -0.2) is 19.0 Å². The molecule has 0 aliphatic heterocycles. The number of carbonyl (C=O) groups excluding carboxylic acids is 1. The summed E-state index contributed by atoms with van der Waals surface area (Å²) in [4.78, 5) is 11.6. The van der Waals surface area contributed by atoms with Crippen LogP contribution < -0.4 is 10.6 Å². The lowest BCUT2D eigenvalue weighted by Crippen LogP contribution is -2.35. The van der Waals surface area contributed by atoms with Crippen LogP contribution in [0.5, 0.6) is 0 Å². The van der Waals surface area contributed by atoms with Crippen molar-refractivity contribution in [2.75, 3.05) is 13.1 Å². The molecule has 1 amide bonds. The third kappa shape index (κ3) is 4.57. The van der Waals surface area contributed by atoms with E-state index in [9.17, 15) is 4.79 Å². The van der Waals surface area contributed by atoms with Crippen LogP contribution in [0, 0.1) is 6.92 Å². The maximum atomic E-state index is 11.6. The van der Waals surface area contributed by atoms with E-state index in [1.165, 1.54) is 11.1 Å². The Hall–Kier alpha value is -1.35. The number of hydrogen-bond acceptors (Lipinski definition) is 2. The van der Waals surface area contributed by atoms with E-state index in [2.05, 4.69) is 36.6 Å². The summed E-state index contributed by atoms with van der Waals surface area (Å²) in [6, 6.07) is 8.19.